The fourth-order valence-corrected chi connectivity index (χ4v) is 0.859. The fraction of sp³-hybridized carbons (Fsp3) is 0. The van der Waals surface area contributed by atoms with E-state index in [1.165, 1.54) is 0 Å². The molecule has 0 aromatic carbocycles. The Morgan fingerprint density at radius 2 is 2.07 bits per heavy atom. The summed E-state index contributed by atoms with van der Waals surface area (Å²) in [4.78, 5) is 7.97. The highest BCUT2D eigenvalue weighted by molar-refractivity contribution is 5.85. The van der Waals surface area contributed by atoms with E-state index in [2.05, 4.69) is 15.1 Å². The van der Waals surface area contributed by atoms with Crippen LogP contribution in [0.15, 0.2) is 30.7 Å². The van der Waals surface area contributed by atoms with E-state index in [0.717, 1.165) is 0 Å². The van der Waals surface area contributed by atoms with Crippen molar-refractivity contribution in [2.45, 2.75) is 0 Å². The minimum atomic E-state index is 0. The largest absolute Gasteiger partial charge is 0.412 e. The van der Waals surface area contributed by atoms with Crippen LogP contribution in [0.25, 0.3) is 5.95 Å². The predicted octanol–water partition coefficient (Wildman–Crippen LogP) is -0.158. The van der Waals surface area contributed by atoms with Gasteiger partial charge in [0.05, 0.1) is 0 Å². The standard InChI is InChI=1S/C7H7N5.ClH.H2O/c8-6-2-4-9-7(11-6)12-5-1-3-10-12;;/h1-5H,(H2,8,9,11);1H;1H2. The van der Waals surface area contributed by atoms with Crippen LogP contribution in [0, 0.1) is 0 Å². The van der Waals surface area contributed by atoms with Crippen molar-refractivity contribution in [2.75, 3.05) is 5.73 Å². The zero-order valence-corrected chi connectivity index (χ0v) is 7.98. The number of nitrogen functional groups attached to an aromatic ring is 1. The van der Waals surface area contributed by atoms with Crippen LogP contribution in [-0.2, 0) is 0 Å². The molecule has 2 aromatic rings. The summed E-state index contributed by atoms with van der Waals surface area (Å²) in [7, 11) is 0. The fourth-order valence-electron chi connectivity index (χ4n) is 0.859. The molecule has 14 heavy (non-hydrogen) atoms. The van der Waals surface area contributed by atoms with Gasteiger partial charge in [0.1, 0.15) is 5.82 Å². The first-order valence-corrected chi connectivity index (χ1v) is 3.45. The molecule has 2 rings (SSSR count). The third kappa shape index (κ3) is 2.41. The molecule has 7 heteroatoms. The van der Waals surface area contributed by atoms with E-state index in [9.17, 15) is 0 Å². The predicted molar refractivity (Wildman–Crippen MR) is 54.4 cm³/mol. The highest BCUT2D eigenvalue weighted by Crippen LogP contribution is 2.00. The Bertz CT molecular complexity index is 377. The second-order valence-electron chi connectivity index (χ2n) is 2.23. The molecule has 0 aliphatic carbocycles. The van der Waals surface area contributed by atoms with Gasteiger partial charge in [0, 0.05) is 18.6 Å². The monoisotopic (exact) mass is 215 g/mol. The van der Waals surface area contributed by atoms with Crippen LogP contribution in [0.4, 0.5) is 5.82 Å². The third-order valence-electron chi connectivity index (χ3n) is 1.37. The number of anilines is 1. The van der Waals surface area contributed by atoms with Gasteiger partial charge in [-0.25, -0.2) is 9.67 Å². The van der Waals surface area contributed by atoms with Crippen molar-refractivity contribution < 1.29 is 5.48 Å². The molecule has 0 saturated heterocycles. The first-order chi connectivity index (χ1) is 5.86. The van der Waals surface area contributed by atoms with Gasteiger partial charge in [-0.05, 0) is 12.1 Å². The lowest BCUT2D eigenvalue weighted by Gasteiger charge is -1.98. The van der Waals surface area contributed by atoms with Gasteiger partial charge >= 0.3 is 0 Å². The smallest absolute Gasteiger partial charge is 0.252 e. The average molecular weight is 216 g/mol. The number of aromatic nitrogens is 4. The molecule has 2 heterocycles. The summed E-state index contributed by atoms with van der Waals surface area (Å²) >= 11 is 0. The van der Waals surface area contributed by atoms with Crippen molar-refractivity contribution in [3.63, 3.8) is 0 Å². The molecule has 6 nitrogen and oxygen atoms in total. The highest BCUT2D eigenvalue weighted by atomic mass is 35.5. The molecule has 0 spiro atoms. The average Bonchev–Trinajstić information content (AvgIpc) is 2.56. The lowest BCUT2D eigenvalue weighted by molar-refractivity contribution is 0.810. The molecular weight excluding hydrogens is 206 g/mol. The number of hydrogen-bond acceptors (Lipinski definition) is 4. The van der Waals surface area contributed by atoms with Gasteiger partial charge in [-0.3, -0.25) is 0 Å². The van der Waals surface area contributed by atoms with Crippen LogP contribution < -0.4 is 5.73 Å². The summed E-state index contributed by atoms with van der Waals surface area (Å²) in [6, 6.07) is 3.43. The Morgan fingerprint density at radius 1 is 1.29 bits per heavy atom. The van der Waals surface area contributed by atoms with E-state index in [0.29, 0.717) is 11.8 Å². The zero-order valence-electron chi connectivity index (χ0n) is 7.16. The Hall–Kier alpha value is -1.66. The lowest BCUT2D eigenvalue weighted by atomic mass is 10.6. The first-order valence-electron chi connectivity index (χ1n) is 3.45. The number of nitrogens with two attached hydrogens (primary N) is 1. The highest BCUT2D eigenvalue weighted by Gasteiger charge is 1.97. The summed E-state index contributed by atoms with van der Waals surface area (Å²) in [5, 5.41) is 3.96. The number of halogens is 1. The maximum atomic E-state index is 5.47. The minimum Gasteiger partial charge on any atom is -0.412 e. The SMILES string of the molecule is Cl.Nc1ccnc(-n2cccn2)n1.O. The Kier molecular flexibility index (Phi) is 4.54. The molecule has 0 bridgehead atoms. The van der Waals surface area contributed by atoms with Gasteiger partial charge in [0.15, 0.2) is 0 Å². The number of rotatable bonds is 1. The van der Waals surface area contributed by atoms with E-state index in [-0.39, 0.29) is 17.9 Å². The quantitative estimate of drug-likeness (QED) is 0.714. The van der Waals surface area contributed by atoms with Crippen molar-refractivity contribution in [1.29, 1.82) is 0 Å². The Labute approximate surface area is 86.5 Å². The molecule has 4 N–H and O–H groups in total. The molecule has 0 radical (unpaired) electrons. The van der Waals surface area contributed by atoms with Crippen molar-refractivity contribution in [3.8, 4) is 5.95 Å². The lowest BCUT2D eigenvalue weighted by Crippen LogP contribution is -2.02. The zero-order chi connectivity index (χ0) is 8.39. The maximum Gasteiger partial charge on any atom is 0.252 e. The van der Waals surface area contributed by atoms with Gasteiger partial charge in [0.25, 0.3) is 5.95 Å². The van der Waals surface area contributed by atoms with Gasteiger partial charge in [-0.1, -0.05) is 0 Å². The Balaban J connectivity index is 0.000000845. The summed E-state index contributed by atoms with van der Waals surface area (Å²) < 4.78 is 1.55. The molecule has 0 atom stereocenters. The van der Waals surface area contributed by atoms with Crippen molar-refractivity contribution in [2.24, 2.45) is 0 Å². The molecule has 0 amide bonds. The maximum absolute atomic E-state index is 5.47. The van der Waals surface area contributed by atoms with Crippen LogP contribution >= 0.6 is 12.4 Å². The topological polar surface area (TPSA) is 101 Å². The molecule has 76 valence electrons. The van der Waals surface area contributed by atoms with E-state index >= 15 is 0 Å². The third-order valence-corrected chi connectivity index (χ3v) is 1.37. The van der Waals surface area contributed by atoms with E-state index < -0.39 is 0 Å². The van der Waals surface area contributed by atoms with Crippen LogP contribution in [0.3, 0.4) is 0 Å². The van der Waals surface area contributed by atoms with Crippen molar-refractivity contribution in [1.82, 2.24) is 19.7 Å². The van der Waals surface area contributed by atoms with Crippen LogP contribution in [0.2, 0.25) is 0 Å². The van der Waals surface area contributed by atoms with Crippen LogP contribution in [-0.4, -0.2) is 25.2 Å². The van der Waals surface area contributed by atoms with Crippen molar-refractivity contribution >= 4 is 18.2 Å². The van der Waals surface area contributed by atoms with Crippen molar-refractivity contribution in [3.05, 3.63) is 30.7 Å². The van der Waals surface area contributed by atoms with Crippen LogP contribution in [0.1, 0.15) is 0 Å². The second-order valence-corrected chi connectivity index (χ2v) is 2.23. The van der Waals surface area contributed by atoms with Gasteiger partial charge in [-0.15, -0.1) is 12.4 Å². The summed E-state index contributed by atoms with van der Waals surface area (Å²) in [6.07, 6.45) is 5.01. The molecule has 0 aliphatic rings. The number of hydrogen-bond donors (Lipinski definition) is 1. The molecule has 0 fully saturated rings. The molecule has 0 unspecified atom stereocenters. The molecule has 0 saturated carbocycles. The van der Waals surface area contributed by atoms with E-state index in [1.807, 2.05) is 0 Å². The van der Waals surface area contributed by atoms with E-state index in [4.69, 9.17) is 5.73 Å². The Morgan fingerprint density at radius 3 is 2.64 bits per heavy atom. The minimum absolute atomic E-state index is 0. The normalized spacial score (nSPS) is 8.57. The van der Waals surface area contributed by atoms with E-state index in [1.54, 1.807) is 35.4 Å². The second kappa shape index (κ2) is 5.15. The molecule has 2 aromatic heterocycles. The number of nitrogens with zero attached hydrogens (tertiary/aromatic N) is 4. The van der Waals surface area contributed by atoms with Gasteiger partial charge in [0.2, 0.25) is 0 Å². The van der Waals surface area contributed by atoms with Crippen LogP contribution in [0.5, 0.6) is 0 Å². The summed E-state index contributed by atoms with van der Waals surface area (Å²) in [5.74, 6) is 0.926. The molecular formula is C7H10ClN5O. The summed E-state index contributed by atoms with van der Waals surface area (Å²) in [6.45, 7) is 0. The molecule has 0 aliphatic heterocycles. The van der Waals surface area contributed by atoms with Gasteiger partial charge < -0.3 is 11.2 Å². The first kappa shape index (κ1) is 12.3. The summed E-state index contributed by atoms with van der Waals surface area (Å²) in [5.41, 5.74) is 5.47. The van der Waals surface area contributed by atoms with Gasteiger partial charge in [-0.2, -0.15) is 10.1 Å².